The number of nitrogens with zero attached hydrogens (tertiary/aromatic N) is 1. The monoisotopic (exact) mass is 194 g/mol. The summed E-state index contributed by atoms with van der Waals surface area (Å²) in [5, 5.41) is 3.45. The van der Waals surface area contributed by atoms with Gasteiger partial charge in [-0.05, 0) is 36.8 Å². The molecule has 0 amide bonds. The van der Waals surface area contributed by atoms with E-state index in [1.807, 2.05) is 24.0 Å². The van der Waals surface area contributed by atoms with Gasteiger partial charge < -0.3 is 5.32 Å². The van der Waals surface area contributed by atoms with Crippen molar-refractivity contribution in [2.45, 2.75) is 19.4 Å². The van der Waals surface area contributed by atoms with Crippen molar-refractivity contribution < 1.29 is 0 Å². The third kappa shape index (κ3) is 2.37. The molecule has 1 aromatic rings. The fourth-order valence-corrected chi connectivity index (χ4v) is 2.62. The standard InChI is InChI=1S/C10H14N2S/c1-8-2-4-11-10(6-8)12-9-3-5-13-7-9/h2,4,6,9H,3,5,7H2,1H3,(H,11,12). The first-order chi connectivity index (χ1) is 6.34. The van der Waals surface area contributed by atoms with Crippen LogP contribution in [-0.2, 0) is 0 Å². The van der Waals surface area contributed by atoms with E-state index in [0.717, 1.165) is 5.82 Å². The van der Waals surface area contributed by atoms with Crippen molar-refractivity contribution in [2.75, 3.05) is 16.8 Å². The average molecular weight is 194 g/mol. The first kappa shape index (κ1) is 8.88. The Morgan fingerprint density at radius 1 is 1.62 bits per heavy atom. The first-order valence-electron chi connectivity index (χ1n) is 4.61. The highest BCUT2D eigenvalue weighted by Gasteiger charge is 2.14. The highest BCUT2D eigenvalue weighted by molar-refractivity contribution is 7.99. The zero-order valence-corrected chi connectivity index (χ0v) is 8.60. The molecule has 2 heterocycles. The van der Waals surface area contributed by atoms with Gasteiger partial charge >= 0.3 is 0 Å². The fourth-order valence-electron chi connectivity index (χ4n) is 1.47. The number of aromatic nitrogens is 1. The van der Waals surface area contributed by atoms with E-state index in [9.17, 15) is 0 Å². The number of pyridine rings is 1. The van der Waals surface area contributed by atoms with Crippen LogP contribution in [0.25, 0.3) is 0 Å². The number of nitrogens with one attached hydrogen (secondary N) is 1. The van der Waals surface area contributed by atoms with Crippen LogP contribution in [-0.4, -0.2) is 22.5 Å². The van der Waals surface area contributed by atoms with Gasteiger partial charge in [-0.3, -0.25) is 0 Å². The van der Waals surface area contributed by atoms with E-state index in [1.54, 1.807) is 0 Å². The summed E-state index contributed by atoms with van der Waals surface area (Å²) in [5.41, 5.74) is 1.27. The van der Waals surface area contributed by atoms with Crippen LogP contribution in [0.5, 0.6) is 0 Å². The van der Waals surface area contributed by atoms with E-state index in [-0.39, 0.29) is 0 Å². The number of hydrogen-bond donors (Lipinski definition) is 1. The molecule has 0 aromatic carbocycles. The predicted molar refractivity (Wildman–Crippen MR) is 58.3 cm³/mol. The molecule has 0 bridgehead atoms. The Kier molecular flexibility index (Phi) is 2.74. The van der Waals surface area contributed by atoms with Crippen LogP contribution in [0.3, 0.4) is 0 Å². The Hall–Kier alpha value is -0.700. The smallest absolute Gasteiger partial charge is 0.126 e. The molecule has 0 saturated carbocycles. The summed E-state index contributed by atoms with van der Waals surface area (Å²) in [6.07, 6.45) is 3.13. The molecule has 1 aliphatic heterocycles. The number of hydrogen-bond acceptors (Lipinski definition) is 3. The molecular formula is C10H14N2S. The summed E-state index contributed by atoms with van der Waals surface area (Å²) in [5.74, 6) is 3.52. The molecule has 1 atom stereocenters. The molecule has 2 rings (SSSR count). The number of thioether (sulfide) groups is 1. The van der Waals surface area contributed by atoms with E-state index in [4.69, 9.17) is 0 Å². The third-order valence-electron chi connectivity index (χ3n) is 2.20. The van der Waals surface area contributed by atoms with Crippen molar-refractivity contribution in [3.05, 3.63) is 23.9 Å². The SMILES string of the molecule is Cc1ccnc(NC2CCSC2)c1. The minimum Gasteiger partial charge on any atom is -0.366 e. The second kappa shape index (κ2) is 4.01. The van der Waals surface area contributed by atoms with Gasteiger partial charge in [-0.1, -0.05) is 0 Å². The van der Waals surface area contributed by atoms with Gasteiger partial charge in [0.05, 0.1) is 0 Å². The molecule has 0 radical (unpaired) electrons. The van der Waals surface area contributed by atoms with Crippen LogP contribution in [0, 0.1) is 6.92 Å². The molecule has 1 N–H and O–H groups in total. The number of anilines is 1. The largest absolute Gasteiger partial charge is 0.366 e. The van der Waals surface area contributed by atoms with Gasteiger partial charge in [0.1, 0.15) is 5.82 Å². The Labute approximate surface area is 83.1 Å². The fraction of sp³-hybridized carbons (Fsp3) is 0.500. The van der Waals surface area contributed by atoms with Gasteiger partial charge in [0, 0.05) is 18.0 Å². The Bertz CT molecular complexity index is 282. The maximum Gasteiger partial charge on any atom is 0.126 e. The molecule has 70 valence electrons. The van der Waals surface area contributed by atoms with E-state index in [0.29, 0.717) is 6.04 Å². The molecule has 1 aliphatic rings. The van der Waals surface area contributed by atoms with Crippen molar-refractivity contribution in [3.63, 3.8) is 0 Å². The van der Waals surface area contributed by atoms with Gasteiger partial charge in [-0.2, -0.15) is 11.8 Å². The Morgan fingerprint density at radius 2 is 2.54 bits per heavy atom. The zero-order chi connectivity index (χ0) is 9.10. The molecule has 1 aromatic heterocycles. The molecule has 13 heavy (non-hydrogen) atoms. The molecule has 1 saturated heterocycles. The predicted octanol–water partition coefficient (Wildman–Crippen LogP) is 2.31. The van der Waals surface area contributed by atoms with Crippen LogP contribution in [0.1, 0.15) is 12.0 Å². The summed E-state index contributed by atoms with van der Waals surface area (Å²) in [7, 11) is 0. The minimum absolute atomic E-state index is 0.624. The number of rotatable bonds is 2. The molecule has 2 nitrogen and oxygen atoms in total. The molecule has 0 spiro atoms. The molecule has 1 unspecified atom stereocenters. The van der Waals surface area contributed by atoms with Crippen molar-refractivity contribution in [2.24, 2.45) is 0 Å². The average Bonchev–Trinajstić information content (AvgIpc) is 2.57. The van der Waals surface area contributed by atoms with E-state index in [1.165, 1.54) is 23.5 Å². The summed E-state index contributed by atoms with van der Waals surface area (Å²) >= 11 is 2.02. The van der Waals surface area contributed by atoms with Crippen LogP contribution < -0.4 is 5.32 Å². The van der Waals surface area contributed by atoms with E-state index < -0.39 is 0 Å². The van der Waals surface area contributed by atoms with Gasteiger partial charge in [0.2, 0.25) is 0 Å². The lowest BCUT2D eigenvalue weighted by atomic mass is 10.2. The lowest BCUT2D eigenvalue weighted by Crippen LogP contribution is -2.18. The second-order valence-electron chi connectivity index (χ2n) is 3.42. The van der Waals surface area contributed by atoms with Gasteiger partial charge in [-0.15, -0.1) is 0 Å². The highest BCUT2D eigenvalue weighted by atomic mass is 32.2. The first-order valence-corrected chi connectivity index (χ1v) is 5.77. The van der Waals surface area contributed by atoms with Gasteiger partial charge in [-0.25, -0.2) is 4.98 Å². The third-order valence-corrected chi connectivity index (χ3v) is 3.36. The van der Waals surface area contributed by atoms with E-state index in [2.05, 4.69) is 23.3 Å². The minimum atomic E-state index is 0.624. The van der Waals surface area contributed by atoms with Crippen LogP contribution in [0.4, 0.5) is 5.82 Å². The van der Waals surface area contributed by atoms with Crippen LogP contribution in [0.15, 0.2) is 18.3 Å². The van der Waals surface area contributed by atoms with Crippen molar-refractivity contribution in [3.8, 4) is 0 Å². The highest BCUT2D eigenvalue weighted by Crippen LogP contribution is 2.20. The van der Waals surface area contributed by atoms with Crippen molar-refractivity contribution >= 4 is 17.6 Å². The van der Waals surface area contributed by atoms with Gasteiger partial charge in [0.25, 0.3) is 0 Å². The maximum atomic E-state index is 4.28. The second-order valence-corrected chi connectivity index (χ2v) is 4.57. The quantitative estimate of drug-likeness (QED) is 0.782. The molecule has 0 aliphatic carbocycles. The molecule has 3 heteroatoms. The lowest BCUT2D eigenvalue weighted by molar-refractivity contribution is 0.806. The Morgan fingerprint density at radius 3 is 3.23 bits per heavy atom. The molecule has 1 fully saturated rings. The lowest BCUT2D eigenvalue weighted by Gasteiger charge is -2.11. The summed E-state index contributed by atoms with van der Waals surface area (Å²) in [6.45, 7) is 2.09. The normalized spacial score (nSPS) is 21.8. The Balaban J connectivity index is 2.00. The summed E-state index contributed by atoms with van der Waals surface area (Å²) in [6, 6.07) is 4.75. The van der Waals surface area contributed by atoms with Crippen LogP contribution in [0.2, 0.25) is 0 Å². The van der Waals surface area contributed by atoms with Crippen molar-refractivity contribution in [1.29, 1.82) is 0 Å². The zero-order valence-electron chi connectivity index (χ0n) is 7.79. The van der Waals surface area contributed by atoms with Gasteiger partial charge in [0.15, 0.2) is 0 Å². The number of aryl methyl sites for hydroxylation is 1. The summed E-state index contributed by atoms with van der Waals surface area (Å²) < 4.78 is 0. The summed E-state index contributed by atoms with van der Waals surface area (Å²) in [4.78, 5) is 4.28. The van der Waals surface area contributed by atoms with E-state index >= 15 is 0 Å². The topological polar surface area (TPSA) is 24.9 Å². The maximum absolute atomic E-state index is 4.28. The van der Waals surface area contributed by atoms with Crippen molar-refractivity contribution in [1.82, 2.24) is 4.98 Å². The molecular weight excluding hydrogens is 180 g/mol. The van der Waals surface area contributed by atoms with Crippen LogP contribution >= 0.6 is 11.8 Å².